The van der Waals surface area contributed by atoms with Gasteiger partial charge in [0.05, 0.1) is 11.1 Å². The van der Waals surface area contributed by atoms with Gasteiger partial charge in [-0.3, -0.25) is 0 Å². The molecule has 0 fully saturated rings. The number of halogens is 1. The van der Waals surface area contributed by atoms with Crippen LogP contribution < -0.4 is 0 Å². The van der Waals surface area contributed by atoms with E-state index in [1.165, 1.54) is 12.1 Å². The predicted octanol–water partition coefficient (Wildman–Crippen LogP) is 3.40. The third-order valence-electron chi connectivity index (χ3n) is 2.61. The molecule has 0 amide bonds. The topological polar surface area (TPSA) is 74.6 Å². The fraction of sp³-hybridized carbons (Fsp3) is 0. The molecule has 0 bridgehead atoms. The van der Waals surface area contributed by atoms with Gasteiger partial charge in [0, 0.05) is 10.6 Å². The Morgan fingerprint density at radius 1 is 0.895 bits per heavy atom. The number of carboxylic acids is 2. The minimum Gasteiger partial charge on any atom is -0.478 e. The van der Waals surface area contributed by atoms with Crippen LogP contribution in [0.5, 0.6) is 0 Å². The lowest BCUT2D eigenvalue weighted by Crippen LogP contribution is -2.03. The van der Waals surface area contributed by atoms with Crippen molar-refractivity contribution in [1.82, 2.24) is 0 Å². The largest absolute Gasteiger partial charge is 0.478 e. The van der Waals surface area contributed by atoms with Crippen LogP contribution in [0.1, 0.15) is 20.7 Å². The van der Waals surface area contributed by atoms with Gasteiger partial charge in [-0.1, -0.05) is 29.8 Å². The van der Waals surface area contributed by atoms with Crippen LogP contribution in [0.2, 0.25) is 5.02 Å². The highest BCUT2D eigenvalue weighted by atomic mass is 35.5. The molecule has 0 atom stereocenters. The Morgan fingerprint density at radius 2 is 1.42 bits per heavy atom. The molecule has 19 heavy (non-hydrogen) atoms. The summed E-state index contributed by atoms with van der Waals surface area (Å²) in [6, 6.07) is 10.8. The average Bonchev–Trinajstić information content (AvgIpc) is 2.38. The molecule has 0 radical (unpaired) electrons. The van der Waals surface area contributed by atoms with Gasteiger partial charge in [-0.25, -0.2) is 9.59 Å². The molecule has 2 N–H and O–H groups in total. The summed E-state index contributed by atoms with van der Waals surface area (Å²) < 4.78 is 0. The van der Waals surface area contributed by atoms with Crippen molar-refractivity contribution < 1.29 is 19.8 Å². The molecule has 0 aliphatic rings. The maximum atomic E-state index is 11.0. The quantitative estimate of drug-likeness (QED) is 0.901. The molecule has 0 saturated heterocycles. The first kappa shape index (κ1) is 13.1. The second-order valence-corrected chi connectivity index (χ2v) is 4.30. The van der Waals surface area contributed by atoms with E-state index in [4.69, 9.17) is 21.8 Å². The van der Waals surface area contributed by atoms with Gasteiger partial charge in [-0.2, -0.15) is 0 Å². The Hall–Kier alpha value is -2.33. The van der Waals surface area contributed by atoms with Gasteiger partial charge in [-0.15, -0.1) is 0 Å². The van der Waals surface area contributed by atoms with Crippen molar-refractivity contribution in [3.05, 3.63) is 58.6 Å². The van der Waals surface area contributed by atoms with Crippen molar-refractivity contribution >= 4 is 23.5 Å². The summed E-state index contributed by atoms with van der Waals surface area (Å²) in [4.78, 5) is 22.0. The lowest BCUT2D eigenvalue weighted by atomic mass is 9.99. The van der Waals surface area contributed by atoms with Crippen LogP contribution in [0.4, 0.5) is 0 Å². The zero-order valence-corrected chi connectivity index (χ0v) is 10.4. The van der Waals surface area contributed by atoms with Crippen molar-refractivity contribution in [3.8, 4) is 11.1 Å². The van der Waals surface area contributed by atoms with Gasteiger partial charge in [0.2, 0.25) is 0 Å². The van der Waals surface area contributed by atoms with E-state index in [1.807, 2.05) is 0 Å². The van der Waals surface area contributed by atoms with Gasteiger partial charge in [0.15, 0.2) is 0 Å². The molecule has 0 spiro atoms. The van der Waals surface area contributed by atoms with Crippen LogP contribution in [0.25, 0.3) is 11.1 Å². The van der Waals surface area contributed by atoms with Crippen LogP contribution in [-0.2, 0) is 0 Å². The summed E-state index contributed by atoms with van der Waals surface area (Å²) in [6.45, 7) is 0. The Labute approximate surface area is 113 Å². The zero-order chi connectivity index (χ0) is 14.0. The molecular weight excluding hydrogens is 268 g/mol. The molecule has 96 valence electrons. The Kier molecular flexibility index (Phi) is 3.53. The van der Waals surface area contributed by atoms with E-state index in [9.17, 15) is 9.59 Å². The monoisotopic (exact) mass is 276 g/mol. The van der Waals surface area contributed by atoms with E-state index in [2.05, 4.69) is 0 Å². The smallest absolute Gasteiger partial charge is 0.335 e. The van der Waals surface area contributed by atoms with Crippen LogP contribution in [0.3, 0.4) is 0 Å². The lowest BCUT2D eigenvalue weighted by molar-refractivity contribution is 0.0696. The molecule has 0 saturated carbocycles. The number of carboxylic acid groups (broad SMARTS) is 2. The fourth-order valence-corrected chi connectivity index (χ4v) is 1.97. The van der Waals surface area contributed by atoms with E-state index in [0.29, 0.717) is 16.1 Å². The molecule has 4 nitrogen and oxygen atoms in total. The Bertz CT molecular complexity index is 632. The van der Waals surface area contributed by atoms with Crippen molar-refractivity contribution in [3.63, 3.8) is 0 Å². The normalized spacial score (nSPS) is 10.2. The highest BCUT2D eigenvalue weighted by Crippen LogP contribution is 2.29. The molecule has 2 aromatic rings. The van der Waals surface area contributed by atoms with Gasteiger partial charge < -0.3 is 10.2 Å². The summed E-state index contributed by atoms with van der Waals surface area (Å²) >= 11 is 6.03. The summed E-state index contributed by atoms with van der Waals surface area (Å²) in [7, 11) is 0. The van der Waals surface area contributed by atoms with Gasteiger partial charge in [0.25, 0.3) is 0 Å². The summed E-state index contributed by atoms with van der Waals surface area (Å²) in [5.74, 6) is -2.37. The first-order chi connectivity index (χ1) is 8.99. The van der Waals surface area contributed by atoms with Crippen molar-refractivity contribution in [2.45, 2.75) is 0 Å². The van der Waals surface area contributed by atoms with E-state index >= 15 is 0 Å². The molecule has 0 aromatic heterocycles. The zero-order valence-electron chi connectivity index (χ0n) is 9.63. The minimum atomic E-state index is -1.18. The molecule has 5 heteroatoms. The van der Waals surface area contributed by atoms with Gasteiger partial charge in [-0.05, 0) is 29.8 Å². The first-order valence-electron chi connectivity index (χ1n) is 5.35. The van der Waals surface area contributed by atoms with Crippen LogP contribution in [-0.4, -0.2) is 22.2 Å². The maximum absolute atomic E-state index is 11.0. The van der Waals surface area contributed by atoms with Crippen molar-refractivity contribution in [2.24, 2.45) is 0 Å². The van der Waals surface area contributed by atoms with E-state index in [1.54, 1.807) is 24.3 Å². The summed E-state index contributed by atoms with van der Waals surface area (Å²) in [5, 5.41) is 18.4. The second kappa shape index (κ2) is 5.12. The summed E-state index contributed by atoms with van der Waals surface area (Å²) in [6.07, 6.45) is 0. The van der Waals surface area contributed by atoms with Crippen molar-refractivity contribution in [2.75, 3.05) is 0 Å². The molecule has 0 aliphatic carbocycles. The number of aromatic carboxylic acids is 2. The van der Waals surface area contributed by atoms with Crippen LogP contribution in [0.15, 0.2) is 42.5 Å². The Balaban J connectivity index is 2.67. The summed E-state index contributed by atoms with van der Waals surface area (Å²) in [5.41, 5.74) is 0.877. The standard InChI is InChI=1S/C14H9ClO4/c15-12-4-2-1-3-11(12)8-5-9(13(16)17)7-10(6-8)14(18)19/h1-7H,(H,16,17)(H,18,19). The highest BCUT2D eigenvalue weighted by Gasteiger charge is 2.13. The number of carbonyl (C=O) groups is 2. The van der Waals surface area contributed by atoms with E-state index < -0.39 is 11.9 Å². The third-order valence-corrected chi connectivity index (χ3v) is 2.94. The fourth-order valence-electron chi connectivity index (χ4n) is 1.73. The number of rotatable bonds is 3. The molecule has 0 unspecified atom stereocenters. The number of benzene rings is 2. The second-order valence-electron chi connectivity index (χ2n) is 3.89. The first-order valence-corrected chi connectivity index (χ1v) is 5.73. The van der Waals surface area contributed by atoms with Crippen molar-refractivity contribution in [1.29, 1.82) is 0 Å². The lowest BCUT2D eigenvalue weighted by Gasteiger charge is -2.07. The SMILES string of the molecule is O=C(O)c1cc(C(=O)O)cc(-c2ccccc2Cl)c1. The van der Waals surface area contributed by atoms with E-state index in [0.717, 1.165) is 6.07 Å². The average molecular weight is 277 g/mol. The molecule has 2 aromatic carbocycles. The Morgan fingerprint density at radius 3 is 1.89 bits per heavy atom. The van der Waals surface area contributed by atoms with Crippen LogP contribution >= 0.6 is 11.6 Å². The molecule has 2 rings (SSSR count). The predicted molar refractivity (Wildman–Crippen MR) is 70.8 cm³/mol. The highest BCUT2D eigenvalue weighted by molar-refractivity contribution is 6.33. The number of hydrogen-bond donors (Lipinski definition) is 2. The number of hydrogen-bond acceptors (Lipinski definition) is 2. The van der Waals surface area contributed by atoms with Gasteiger partial charge >= 0.3 is 11.9 Å². The minimum absolute atomic E-state index is 0.0881. The maximum Gasteiger partial charge on any atom is 0.335 e. The molecule has 0 aliphatic heterocycles. The molecular formula is C14H9ClO4. The van der Waals surface area contributed by atoms with E-state index in [-0.39, 0.29) is 11.1 Å². The van der Waals surface area contributed by atoms with Gasteiger partial charge in [0.1, 0.15) is 0 Å². The molecule has 0 heterocycles. The third kappa shape index (κ3) is 2.74. The van der Waals surface area contributed by atoms with Crippen LogP contribution in [0, 0.1) is 0 Å².